The normalized spacial score (nSPS) is 11.1. The van der Waals surface area contributed by atoms with Gasteiger partial charge < -0.3 is 5.32 Å². The molecule has 7 heteroatoms. The van der Waals surface area contributed by atoms with Crippen molar-refractivity contribution >= 4 is 23.5 Å². The van der Waals surface area contributed by atoms with Gasteiger partial charge in [0.15, 0.2) is 5.82 Å². The van der Waals surface area contributed by atoms with Gasteiger partial charge in [-0.25, -0.2) is 0 Å². The predicted octanol–water partition coefficient (Wildman–Crippen LogP) is 4.39. The number of rotatable bonds is 7. The molecule has 0 aliphatic carbocycles. The van der Waals surface area contributed by atoms with E-state index in [1.807, 2.05) is 6.08 Å². The Morgan fingerprint density at radius 2 is 1.93 bits per heavy atom. The van der Waals surface area contributed by atoms with Crippen molar-refractivity contribution in [1.82, 2.24) is 19.7 Å². The lowest BCUT2D eigenvalue weighted by Crippen LogP contribution is -2.18. The molecule has 0 saturated heterocycles. The number of carbonyl (C=O) groups excluding carboxylic acids is 1. The molecule has 1 N–H and O–H groups in total. The van der Waals surface area contributed by atoms with E-state index in [1.54, 1.807) is 60.9 Å². The van der Waals surface area contributed by atoms with Crippen molar-refractivity contribution in [3.05, 3.63) is 96.3 Å². The van der Waals surface area contributed by atoms with Crippen molar-refractivity contribution in [2.75, 3.05) is 11.9 Å². The Morgan fingerprint density at radius 3 is 2.61 bits per heavy atom. The maximum absolute atomic E-state index is 13.0. The molecule has 0 bridgehead atoms. The maximum Gasteiger partial charge on any atom is 0.282 e. The van der Waals surface area contributed by atoms with E-state index in [4.69, 9.17) is 11.6 Å². The highest BCUT2D eigenvalue weighted by molar-refractivity contribution is 6.33. The SMILES string of the molecule is C=CC=C(C=C)CNc1nc(-c2ccncc2)nn1C(=O)c1ccccc1Cl. The molecule has 3 aromatic rings. The van der Waals surface area contributed by atoms with Gasteiger partial charge in [0.25, 0.3) is 5.91 Å². The molecule has 0 aliphatic rings. The Bertz CT molecular complexity index is 1040. The number of aromatic nitrogens is 4. The third-order valence-corrected chi connectivity index (χ3v) is 4.22. The molecule has 3 rings (SSSR count). The van der Waals surface area contributed by atoms with Crippen LogP contribution in [0.4, 0.5) is 5.95 Å². The Labute approximate surface area is 167 Å². The summed E-state index contributed by atoms with van der Waals surface area (Å²) in [5.41, 5.74) is 1.97. The van der Waals surface area contributed by atoms with E-state index in [1.165, 1.54) is 4.68 Å². The van der Waals surface area contributed by atoms with E-state index >= 15 is 0 Å². The summed E-state index contributed by atoms with van der Waals surface area (Å²) >= 11 is 6.19. The predicted molar refractivity (Wildman–Crippen MR) is 111 cm³/mol. The zero-order valence-electron chi connectivity index (χ0n) is 15.0. The fourth-order valence-electron chi connectivity index (χ4n) is 2.47. The van der Waals surface area contributed by atoms with Crippen LogP contribution < -0.4 is 5.32 Å². The molecular weight excluding hydrogens is 374 g/mol. The summed E-state index contributed by atoms with van der Waals surface area (Å²) in [6.45, 7) is 7.86. The molecule has 0 unspecified atom stereocenters. The number of benzene rings is 1. The number of anilines is 1. The van der Waals surface area contributed by atoms with Gasteiger partial charge in [-0.2, -0.15) is 9.67 Å². The highest BCUT2D eigenvalue weighted by atomic mass is 35.5. The molecule has 2 heterocycles. The average Bonchev–Trinajstić information content (AvgIpc) is 3.16. The minimum atomic E-state index is -0.381. The summed E-state index contributed by atoms with van der Waals surface area (Å²) < 4.78 is 1.21. The number of hydrogen-bond acceptors (Lipinski definition) is 5. The molecule has 0 spiro atoms. The zero-order chi connectivity index (χ0) is 19.9. The van der Waals surface area contributed by atoms with Crippen molar-refractivity contribution < 1.29 is 4.79 Å². The van der Waals surface area contributed by atoms with Gasteiger partial charge in [-0.05, 0) is 29.8 Å². The van der Waals surface area contributed by atoms with Gasteiger partial charge in [0.1, 0.15) is 0 Å². The molecule has 28 heavy (non-hydrogen) atoms. The van der Waals surface area contributed by atoms with Gasteiger partial charge in [0, 0.05) is 24.5 Å². The standard InChI is InChI=1S/C21H18ClN5O/c1-3-7-15(4-2)14-24-21-25-19(16-10-12-23-13-11-16)26-27(21)20(28)17-8-5-6-9-18(17)22/h3-13H,1-2,14H2,(H,24,25,26). The summed E-state index contributed by atoms with van der Waals surface area (Å²) in [5.74, 6) is 0.320. The van der Waals surface area contributed by atoms with Gasteiger partial charge in [-0.1, -0.05) is 55.1 Å². The third kappa shape index (κ3) is 4.24. The lowest BCUT2D eigenvalue weighted by molar-refractivity contribution is 0.0948. The van der Waals surface area contributed by atoms with Crippen LogP contribution in [0, 0.1) is 0 Å². The first kappa shape index (κ1) is 19.3. The Morgan fingerprint density at radius 1 is 1.18 bits per heavy atom. The quantitative estimate of drug-likeness (QED) is 0.604. The zero-order valence-corrected chi connectivity index (χ0v) is 15.8. The summed E-state index contributed by atoms with van der Waals surface area (Å²) in [6.07, 6.45) is 8.47. The molecule has 0 amide bonds. The van der Waals surface area contributed by atoms with E-state index in [9.17, 15) is 4.79 Å². The lowest BCUT2D eigenvalue weighted by Gasteiger charge is -2.08. The molecule has 0 aliphatic heterocycles. The highest BCUT2D eigenvalue weighted by Gasteiger charge is 2.20. The molecule has 0 atom stereocenters. The molecule has 140 valence electrons. The fraction of sp³-hybridized carbons (Fsp3) is 0.0476. The van der Waals surface area contributed by atoms with Crippen LogP contribution in [0.5, 0.6) is 0 Å². The first-order valence-corrected chi connectivity index (χ1v) is 8.86. The monoisotopic (exact) mass is 391 g/mol. The number of hydrogen-bond donors (Lipinski definition) is 1. The van der Waals surface area contributed by atoms with Crippen molar-refractivity contribution in [3.63, 3.8) is 0 Å². The third-order valence-electron chi connectivity index (χ3n) is 3.89. The van der Waals surface area contributed by atoms with Crippen LogP contribution in [0.1, 0.15) is 10.4 Å². The van der Waals surface area contributed by atoms with Crippen LogP contribution >= 0.6 is 11.6 Å². The molecule has 0 radical (unpaired) electrons. The second-order valence-corrected chi connectivity index (χ2v) is 6.13. The Balaban J connectivity index is 2.01. The van der Waals surface area contributed by atoms with E-state index in [0.29, 0.717) is 28.9 Å². The minimum Gasteiger partial charge on any atom is -0.350 e. The van der Waals surface area contributed by atoms with E-state index < -0.39 is 0 Å². The number of allylic oxidation sites excluding steroid dienone is 2. The smallest absolute Gasteiger partial charge is 0.282 e. The van der Waals surface area contributed by atoms with Crippen molar-refractivity contribution in [1.29, 1.82) is 0 Å². The second kappa shape index (κ2) is 8.92. The number of halogens is 1. The topological polar surface area (TPSA) is 72.7 Å². The molecular formula is C21H18ClN5O. The second-order valence-electron chi connectivity index (χ2n) is 5.73. The van der Waals surface area contributed by atoms with Crippen LogP contribution in [0.15, 0.2) is 85.8 Å². The van der Waals surface area contributed by atoms with Crippen molar-refractivity contribution in [2.24, 2.45) is 0 Å². The van der Waals surface area contributed by atoms with Crippen LogP contribution in [-0.2, 0) is 0 Å². The number of nitrogens with zero attached hydrogens (tertiary/aromatic N) is 4. The largest absolute Gasteiger partial charge is 0.350 e. The van der Waals surface area contributed by atoms with Crippen LogP contribution in [0.3, 0.4) is 0 Å². The van der Waals surface area contributed by atoms with E-state index in [2.05, 4.69) is 33.5 Å². The van der Waals surface area contributed by atoms with Crippen molar-refractivity contribution in [3.8, 4) is 11.4 Å². The summed E-state index contributed by atoms with van der Waals surface area (Å²) in [7, 11) is 0. The first-order valence-electron chi connectivity index (χ1n) is 8.48. The minimum absolute atomic E-state index is 0.300. The molecule has 2 aromatic heterocycles. The van der Waals surface area contributed by atoms with Gasteiger partial charge in [0.05, 0.1) is 10.6 Å². The van der Waals surface area contributed by atoms with Crippen LogP contribution in [0.25, 0.3) is 11.4 Å². The van der Waals surface area contributed by atoms with E-state index in [-0.39, 0.29) is 5.91 Å². The number of pyridine rings is 1. The molecule has 1 aromatic carbocycles. The van der Waals surface area contributed by atoms with Gasteiger partial charge >= 0.3 is 0 Å². The average molecular weight is 392 g/mol. The molecule has 0 saturated carbocycles. The van der Waals surface area contributed by atoms with Gasteiger partial charge in [-0.15, -0.1) is 5.10 Å². The fourth-order valence-corrected chi connectivity index (χ4v) is 2.69. The highest BCUT2D eigenvalue weighted by Crippen LogP contribution is 2.21. The molecule has 0 fully saturated rings. The van der Waals surface area contributed by atoms with Gasteiger partial charge in [-0.3, -0.25) is 9.78 Å². The molecule has 6 nitrogen and oxygen atoms in total. The Hall–Kier alpha value is -3.51. The lowest BCUT2D eigenvalue weighted by atomic mass is 10.2. The van der Waals surface area contributed by atoms with Crippen LogP contribution in [0.2, 0.25) is 5.02 Å². The van der Waals surface area contributed by atoms with Crippen LogP contribution in [-0.4, -0.2) is 32.2 Å². The first-order chi connectivity index (χ1) is 13.6. The maximum atomic E-state index is 13.0. The van der Waals surface area contributed by atoms with Crippen molar-refractivity contribution in [2.45, 2.75) is 0 Å². The summed E-state index contributed by atoms with van der Waals surface area (Å²) in [6, 6.07) is 10.4. The summed E-state index contributed by atoms with van der Waals surface area (Å²) in [5, 5.41) is 7.87. The van der Waals surface area contributed by atoms with E-state index in [0.717, 1.165) is 11.1 Å². The summed E-state index contributed by atoms with van der Waals surface area (Å²) in [4.78, 5) is 21.5. The number of nitrogens with one attached hydrogen (secondary N) is 1. The van der Waals surface area contributed by atoms with Gasteiger partial charge in [0.2, 0.25) is 5.95 Å². The number of carbonyl (C=O) groups is 1. The Kier molecular flexibility index (Phi) is 6.14.